The summed E-state index contributed by atoms with van der Waals surface area (Å²) in [4.78, 5) is 12.8. The summed E-state index contributed by atoms with van der Waals surface area (Å²) >= 11 is 0. The Morgan fingerprint density at radius 3 is 0.986 bits per heavy atom. The number of ketones is 1. The third-order valence-electron chi connectivity index (χ3n) is 13.7. The van der Waals surface area contributed by atoms with Gasteiger partial charge >= 0.3 is 0 Å². The first kappa shape index (κ1) is 69.7. The summed E-state index contributed by atoms with van der Waals surface area (Å²) in [7, 11) is 0. The molecule has 0 heterocycles. The number of carbonyl (C=O) groups is 1. The van der Waals surface area contributed by atoms with Gasteiger partial charge in [-0.05, 0) is 294 Å². The largest absolute Gasteiger partial charge is 0.412 e. The van der Waals surface area contributed by atoms with E-state index in [1.54, 1.807) is 0 Å². The maximum atomic E-state index is 12.8. The van der Waals surface area contributed by atoms with E-state index in [0.717, 1.165) is 48.5 Å². The fourth-order valence-corrected chi connectivity index (χ4v) is 11.2. The quantitative estimate of drug-likeness (QED) is 0.180. The summed E-state index contributed by atoms with van der Waals surface area (Å²) in [6.45, 7) is 28.0. The number of rotatable bonds is 12. The van der Waals surface area contributed by atoms with Gasteiger partial charge in [-0.25, -0.2) is 0 Å². The van der Waals surface area contributed by atoms with Gasteiger partial charge in [0.15, 0.2) is 5.78 Å². The molecule has 2 heteroatoms. The number of Topliss-reactive ketones (excluding diaryl/α,β-unsaturated/α-hetero) is 1. The Bertz CT molecular complexity index is 2720. The Kier molecular flexibility index (Phi) is 42.9. The number of hydrogen-bond acceptors (Lipinski definition) is 1. The fourth-order valence-electron chi connectivity index (χ4n) is 11.2. The lowest BCUT2D eigenvalue weighted by molar-refractivity contribution is -0.127. The van der Waals surface area contributed by atoms with Gasteiger partial charge in [-0.2, -0.15) is 0 Å². The van der Waals surface area contributed by atoms with Crippen LogP contribution < -0.4 is 0 Å². The molecule has 0 aromatic rings. The van der Waals surface area contributed by atoms with Gasteiger partial charge in [-0.3, -0.25) is 4.79 Å². The number of allylic oxidation sites excluding steroid dienone is 2. The van der Waals surface area contributed by atoms with Crippen molar-refractivity contribution in [2.75, 3.05) is 0 Å². The summed E-state index contributed by atoms with van der Waals surface area (Å²) < 4.78 is 0. The van der Waals surface area contributed by atoms with Crippen LogP contribution in [-0.2, 0) is 4.79 Å². The van der Waals surface area contributed by atoms with Crippen LogP contribution >= 0.6 is 0 Å². The molecule has 0 aliphatic heterocycles. The average molecular weight is 973 g/mol. The molecular weight excluding hydrogens is 897 g/mol. The van der Waals surface area contributed by atoms with Crippen LogP contribution in [0, 0.1) is 261 Å². The Balaban J connectivity index is -0.000000444. The summed E-state index contributed by atoms with van der Waals surface area (Å²) in [5, 5.41) is 0. The molecule has 0 bridgehead atoms. The molecule has 0 amide bonds. The van der Waals surface area contributed by atoms with Gasteiger partial charge in [-0.1, -0.05) is 114 Å². The zero-order chi connectivity index (χ0) is 55.0. The molecule has 1 saturated carbocycles. The molecule has 74 heavy (non-hydrogen) atoms. The molecule has 8 unspecified atom stereocenters. The topological polar surface area (TPSA) is 48.6 Å². The van der Waals surface area contributed by atoms with E-state index in [-0.39, 0.29) is 18.2 Å². The van der Waals surface area contributed by atoms with Gasteiger partial charge in [0.2, 0.25) is 0 Å². The van der Waals surface area contributed by atoms with Crippen LogP contribution in [0.1, 0.15) is 168 Å². The third kappa shape index (κ3) is 25.0. The SMILES string of the molecule is C#CC#CC#CC#CC#CC#CC#CC#CC#C.C#CC#CC#CC#CC#CC#CC#CC#CC#C.CCCC1(CC)C(CC)C(=O)C(C)=C(CC)C1CC.CCCC1(CC)C(CC)CC(C)C(CC)C1CC.O.[HH]. The lowest BCUT2D eigenvalue weighted by atomic mass is 9.49. The minimum absolute atomic E-state index is 0. The molecule has 0 saturated heterocycles. The maximum Gasteiger partial charge on any atom is 0.162 e. The highest BCUT2D eigenvalue weighted by Crippen LogP contribution is 2.58. The van der Waals surface area contributed by atoms with Crippen LogP contribution in [-0.4, -0.2) is 11.3 Å². The monoisotopic (exact) mass is 973 g/mol. The predicted octanol–water partition coefficient (Wildman–Crippen LogP) is 11.8. The average Bonchev–Trinajstić information content (AvgIpc) is 3.40. The highest BCUT2D eigenvalue weighted by Gasteiger charge is 2.51. The molecule has 0 aromatic heterocycles. The van der Waals surface area contributed by atoms with Crippen molar-refractivity contribution in [1.82, 2.24) is 0 Å². The van der Waals surface area contributed by atoms with Crippen molar-refractivity contribution in [3.8, 4) is 215 Å². The zero-order valence-corrected chi connectivity index (χ0v) is 46.4. The first-order chi connectivity index (χ1) is 35.5. The van der Waals surface area contributed by atoms with Crippen molar-refractivity contribution in [2.45, 2.75) is 167 Å². The van der Waals surface area contributed by atoms with E-state index in [4.69, 9.17) is 25.7 Å². The summed E-state index contributed by atoms with van der Waals surface area (Å²) in [6.07, 6.45) is 36.2. The second-order valence-corrected chi connectivity index (χ2v) is 16.9. The Morgan fingerprint density at radius 2 is 0.757 bits per heavy atom. The third-order valence-corrected chi connectivity index (χ3v) is 13.7. The normalized spacial score (nSPS) is 20.0. The lowest BCUT2D eigenvalue weighted by Gasteiger charge is -2.55. The van der Waals surface area contributed by atoms with Crippen LogP contribution in [0.25, 0.3) is 0 Å². The number of terminal acetylenes is 4. The first-order valence-corrected chi connectivity index (χ1v) is 25.5. The van der Waals surface area contributed by atoms with E-state index in [1.807, 2.05) is 0 Å². The summed E-state index contributed by atoms with van der Waals surface area (Å²) in [5.41, 5.74) is 3.42. The highest BCUT2D eigenvalue weighted by atomic mass is 16.1. The molecule has 376 valence electrons. The molecule has 1 fully saturated rings. The van der Waals surface area contributed by atoms with Gasteiger partial charge in [0.05, 0.1) is 0 Å². The van der Waals surface area contributed by atoms with Gasteiger partial charge in [0.25, 0.3) is 0 Å². The first-order valence-electron chi connectivity index (χ1n) is 25.5. The smallest absolute Gasteiger partial charge is 0.162 e. The molecular formula is C72H76O2. The van der Waals surface area contributed by atoms with Crippen LogP contribution in [0.2, 0.25) is 0 Å². The van der Waals surface area contributed by atoms with Crippen molar-refractivity contribution in [1.29, 1.82) is 0 Å². The van der Waals surface area contributed by atoms with Crippen LogP contribution in [0.3, 0.4) is 0 Å². The molecule has 2 aliphatic carbocycles. The van der Waals surface area contributed by atoms with E-state index in [0.29, 0.717) is 17.1 Å². The maximum absolute atomic E-state index is 12.8. The Labute approximate surface area is 454 Å². The van der Waals surface area contributed by atoms with Crippen LogP contribution in [0.15, 0.2) is 11.1 Å². The summed E-state index contributed by atoms with van der Waals surface area (Å²) in [5.74, 6) is 81.7. The predicted molar refractivity (Wildman–Crippen MR) is 316 cm³/mol. The van der Waals surface area contributed by atoms with E-state index in [9.17, 15) is 4.79 Å². The molecule has 8 atom stereocenters. The van der Waals surface area contributed by atoms with E-state index in [2.05, 4.69) is 273 Å². The molecule has 0 spiro atoms. The minimum atomic E-state index is 0. The molecule has 2 N–H and O–H groups in total. The van der Waals surface area contributed by atoms with E-state index in [1.165, 1.54) is 69.8 Å². The molecule has 2 aliphatic rings. The van der Waals surface area contributed by atoms with Gasteiger partial charge < -0.3 is 5.48 Å². The van der Waals surface area contributed by atoms with Crippen molar-refractivity contribution < 1.29 is 11.7 Å². The lowest BCUT2D eigenvalue weighted by Crippen LogP contribution is -2.47. The fraction of sp³-hybridized carbons (Fsp3) is 0.458. The molecule has 2 rings (SSSR count). The van der Waals surface area contributed by atoms with E-state index >= 15 is 0 Å². The number of carbonyl (C=O) groups excluding carboxylic acids is 1. The van der Waals surface area contributed by atoms with Gasteiger partial charge in [0, 0.05) is 7.34 Å². The second-order valence-electron chi connectivity index (χ2n) is 16.9. The zero-order valence-electron chi connectivity index (χ0n) is 46.4. The second kappa shape index (κ2) is 45.6. The molecule has 0 aromatic carbocycles. The number of hydrogen-bond donors (Lipinski definition) is 0. The van der Waals surface area contributed by atoms with Gasteiger partial charge in [0.1, 0.15) is 0 Å². The molecule has 0 radical (unpaired) electrons. The van der Waals surface area contributed by atoms with Crippen LogP contribution in [0.4, 0.5) is 0 Å². The Hall–Kier alpha value is -8.55. The van der Waals surface area contributed by atoms with Crippen LogP contribution in [0.5, 0.6) is 0 Å². The van der Waals surface area contributed by atoms with Crippen molar-refractivity contribution in [3.05, 3.63) is 11.1 Å². The van der Waals surface area contributed by atoms with Crippen molar-refractivity contribution in [3.63, 3.8) is 0 Å². The molecule has 2 nitrogen and oxygen atoms in total. The summed E-state index contributed by atoms with van der Waals surface area (Å²) in [6, 6.07) is 0. The highest BCUT2D eigenvalue weighted by molar-refractivity contribution is 5.99. The van der Waals surface area contributed by atoms with E-state index < -0.39 is 0 Å². The Morgan fingerprint density at radius 1 is 0.446 bits per heavy atom. The van der Waals surface area contributed by atoms with Gasteiger partial charge in [-0.15, -0.1) is 25.7 Å². The van der Waals surface area contributed by atoms with Crippen molar-refractivity contribution >= 4 is 5.78 Å². The minimum Gasteiger partial charge on any atom is -0.412 e. The standard InChI is InChI=1S/C18H32O.C18H36.2C18H2.H2O.H2/c1-7-12-18(11-5)15(9-3)14(8-2)13(6)17(19)16(18)10-4;1-7-12-18(11-5)15(8-2)13-14(6)16(9-3)17(18)10-4;2*1-3-5-7-9-11-13-15-17-18-16-14-12-10-8-6-4-2;;/h15-16H,7-12H2,1-6H3;14-17H,7-13H2,1-6H3;2*1-2H;1H2;1H. The van der Waals surface area contributed by atoms with Crippen molar-refractivity contribution in [2.24, 2.45) is 46.3 Å².